The maximum atomic E-state index is 12.8. The summed E-state index contributed by atoms with van der Waals surface area (Å²) in [5, 5.41) is 13.5. The van der Waals surface area contributed by atoms with Gasteiger partial charge < -0.3 is 24.6 Å². The number of aliphatic hydroxyl groups excluding tert-OH is 1. The van der Waals surface area contributed by atoms with Crippen molar-refractivity contribution in [3.05, 3.63) is 54.4 Å². The lowest BCUT2D eigenvalue weighted by Crippen LogP contribution is -2.51. The van der Waals surface area contributed by atoms with E-state index < -0.39 is 12.2 Å². The van der Waals surface area contributed by atoms with Gasteiger partial charge in [-0.2, -0.15) is 0 Å². The summed E-state index contributed by atoms with van der Waals surface area (Å²) in [6, 6.07) is 13.3. The normalized spacial score (nSPS) is 20.9. The number of hydrogen-bond acceptors (Lipinski definition) is 5. The van der Waals surface area contributed by atoms with Crippen molar-refractivity contribution in [2.75, 3.05) is 18.4 Å². The predicted molar refractivity (Wildman–Crippen MR) is 115 cm³/mol. The van der Waals surface area contributed by atoms with E-state index in [1.165, 1.54) is 0 Å². The van der Waals surface area contributed by atoms with Crippen LogP contribution >= 0.6 is 0 Å². The molecule has 2 aliphatic heterocycles. The first-order chi connectivity index (χ1) is 15.1. The van der Waals surface area contributed by atoms with Crippen molar-refractivity contribution in [1.82, 2.24) is 14.5 Å². The Morgan fingerprint density at radius 3 is 2.97 bits per heavy atom. The molecule has 0 radical (unpaired) electrons. The number of amides is 2. The number of imidazole rings is 1. The van der Waals surface area contributed by atoms with E-state index in [0.29, 0.717) is 25.1 Å². The molecule has 2 N–H and O–H groups in total. The Balaban J connectivity index is 1.21. The van der Waals surface area contributed by atoms with E-state index in [1.807, 2.05) is 41.0 Å². The number of fused-ring (bicyclic) bond motifs is 2. The Bertz CT molecular complexity index is 1140. The second kappa shape index (κ2) is 8.03. The fourth-order valence-corrected chi connectivity index (χ4v) is 4.26. The van der Waals surface area contributed by atoms with Gasteiger partial charge in [0.25, 0.3) is 0 Å². The number of carbonyl (C=O) groups excluding carboxylic acids is 2. The van der Waals surface area contributed by atoms with Crippen molar-refractivity contribution in [3.8, 4) is 5.75 Å². The summed E-state index contributed by atoms with van der Waals surface area (Å²) in [5.74, 6) is 0.550. The molecule has 3 heterocycles. The van der Waals surface area contributed by atoms with Crippen LogP contribution in [0.4, 0.5) is 5.69 Å². The second-order valence-electron chi connectivity index (χ2n) is 8.08. The third kappa shape index (κ3) is 3.98. The highest BCUT2D eigenvalue weighted by molar-refractivity contribution is 5.94. The number of carbonyl (C=O) groups is 2. The number of benzene rings is 2. The van der Waals surface area contributed by atoms with Crippen LogP contribution < -0.4 is 10.1 Å². The van der Waals surface area contributed by atoms with E-state index in [2.05, 4.69) is 10.3 Å². The number of ether oxygens (including phenoxy) is 1. The van der Waals surface area contributed by atoms with E-state index in [1.54, 1.807) is 17.3 Å². The number of β-amino-alcohol motifs (C(OH)–C–C–N with tert-alkyl or cyclic N) is 1. The summed E-state index contributed by atoms with van der Waals surface area (Å²) in [6.07, 6.45) is 2.22. The molecule has 2 aromatic carbocycles. The number of aliphatic hydroxyl groups is 1. The largest absolute Gasteiger partial charge is 0.488 e. The topological polar surface area (TPSA) is 96.7 Å². The summed E-state index contributed by atoms with van der Waals surface area (Å²) in [7, 11) is 0. The molecule has 0 bridgehead atoms. The van der Waals surface area contributed by atoms with Crippen molar-refractivity contribution in [2.45, 2.75) is 38.0 Å². The summed E-state index contributed by atoms with van der Waals surface area (Å²) < 4.78 is 7.83. The van der Waals surface area contributed by atoms with Crippen LogP contribution in [0, 0.1) is 0 Å². The van der Waals surface area contributed by atoms with Crippen LogP contribution in [0.15, 0.2) is 48.8 Å². The zero-order chi connectivity index (χ0) is 21.4. The molecular formula is C23H24N4O4. The molecule has 2 aliphatic rings. The molecule has 0 unspecified atom stereocenters. The molecule has 160 valence electrons. The molecule has 0 spiro atoms. The van der Waals surface area contributed by atoms with Crippen LogP contribution in [0.2, 0.25) is 0 Å². The van der Waals surface area contributed by atoms with Gasteiger partial charge in [0.2, 0.25) is 11.8 Å². The second-order valence-corrected chi connectivity index (χ2v) is 8.08. The molecule has 2 amide bonds. The summed E-state index contributed by atoms with van der Waals surface area (Å²) in [4.78, 5) is 30.4. The van der Waals surface area contributed by atoms with Crippen LogP contribution in [0.3, 0.4) is 0 Å². The Labute approximate surface area is 179 Å². The van der Waals surface area contributed by atoms with Crippen LogP contribution in [0.25, 0.3) is 11.0 Å². The average molecular weight is 420 g/mol. The smallest absolute Gasteiger partial charge is 0.242 e. The van der Waals surface area contributed by atoms with Crippen molar-refractivity contribution in [3.63, 3.8) is 0 Å². The van der Waals surface area contributed by atoms with Crippen LogP contribution in [-0.4, -0.2) is 56.7 Å². The van der Waals surface area contributed by atoms with Crippen LogP contribution in [0.1, 0.15) is 18.4 Å². The van der Waals surface area contributed by atoms with Crippen LogP contribution in [-0.2, 0) is 22.6 Å². The summed E-state index contributed by atoms with van der Waals surface area (Å²) >= 11 is 0. The molecule has 2 atom stereocenters. The van der Waals surface area contributed by atoms with Gasteiger partial charge in [-0.3, -0.25) is 9.59 Å². The van der Waals surface area contributed by atoms with Gasteiger partial charge in [-0.1, -0.05) is 18.2 Å². The van der Waals surface area contributed by atoms with Crippen molar-refractivity contribution < 1.29 is 19.4 Å². The molecule has 8 heteroatoms. The lowest BCUT2D eigenvalue weighted by Gasteiger charge is -2.36. The fraction of sp³-hybridized carbons (Fsp3) is 0.348. The minimum Gasteiger partial charge on any atom is -0.488 e. The lowest BCUT2D eigenvalue weighted by molar-refractivity contribution is -0.137. The van der Waals surface area contributed by atoms with Gasteiger partial charge in [0.05, 0.1) is 23.9 Å². The van der Waals surface area contributed by atoms with Gasteiger partial charge >= 0.3 is 0 Å². The zero-order valence-corrected chi connectivity index (χ0v) is 17.0. The highest BCUT2D eigenvalue weighted by atomic mass is 16.5. The molecular weight excluding hydrogens is 396 g/mol. The maximum absolute atomic E-state index is 12.8. The first-order valence-electron chi connectivity index (χ1n) is 10.5. The number of anilines is 1. The summed E-state index contributed by atoms with van der Waals surface area (Å²) in [5.41, 5.74) is 3.61. The quantitative estimate of drug-likeness (QED) is 0.673. The molecule has 0 aliphatic carbocycles. The molecule has 1 fully saturated rings. The number of aryl methyl sites for hydroxylation is 1. The number of likely N-dealkylation sites (tertiary alicyclic amines) is 1. The predicted octanol–water partition coefficient (Wildman–Crippen LogP) is 1.96. The van der Waals surface area contributed by atoms with Gasteiger partial charge in [0, 0.05) is 31.1 Å². The van der Waals surface area contributed by atoms with Crippen molar-refractivity contribution in [1.29, 1.82) is 0 Å². The van der Waals surface area contributed by atoms with Crippen molar-refractivity contribution in [2.24, 2.45) is 0 Å². The fourth-order valence-electron chi connectivity index (χ4n) is 4.26. The lowest BCUT2D eigenvalue weighted by atomic mass is 10.0. The molecule has 5 rings (SSSR count). The van der Waals surface area contributed by atoms with E-state index in [0.717, 1.165) is 28.7 Å². The number of para-hydroxylation sites is 2. The highest BCUT2D eigenvalue weighted by Crippen LogP contribution is 2.29. The minimum absolute atomic E-state index is 0.00201. The van der Waals surface area contributed by atoms with Crippen molar-refractivity contribution >= 4 is 28.5 Å². The summed E-state index contributed by atoms with van der Waals surface area (Å²) in [6.45, 7) is 0.913. The van der Waals surface area contributed by atoms with E-state index in [-0.39, 0.29) is 24.9 Å². The number of piperidine rings is 1. The standard InChI is InChI=1S/C23H24N4O4/c28-20-12-26(23(30)13-27-14-24-17-3-1-2-4-19(17)27)10-9-21(20)31-16-7-5-15-6-8-22(29)25-18(15)11-16/h1-5,7,11,14,20-21,28H,6,8-10,12-13H2,(H,25,29)/t20-,21-/m1/s1. The van der Waals surface area contributed by atoms with E-state index in [9.17, 15) is 14.7 Å². The number of hydrogen-bond donors (Lipinski definition) is 2. The Morgan fingerprint density at radius 2 is 2.10 bits per heavy atom. The van der Waals surface area contributed by atoms with Gasteiger partial charge in [-0.05, 0) is 30.2 Å². The van der Waals surface area contributed by atoms with Gasteiger partial charge in [-0.15, -0.1) is 0 Å². The third-order valence-corrected chi connectivity index (χ3v) is 5.97. The SMILES string of the molecule is O=C1CCc2ccc(O[C@@H]3CCN(C(=O)Cn4cnc5ccccc54)C[C@H]3O)cc2N1. The Morgan fingerprint density at radius 1 is 1.23 bits per heavy atom. The number of nitrogens with zero attached hydrogens (tertiary/aromatic N) is 3. The first kappa shape index (κ1) is 19.6. The Hall–Kier alpha value is -3.39. The maximum Gasteiger partial charge on any atom is 0.242 e. The number of rotatable bonds is 4. The monoisotopic (exact) mass is 420 g/mol. The molecule has 8 nitrogen and oxygen atoms in total. The number of aromatic nitrogens is 2. The Kier molecular flexibility index (Phi) is 5.07. The van der Waals surface area contributed by atoms with E-state index in [4.69, 9.17) is 4.74 Å². The molecule has 0 saturated carbocycles. The van der Waals surface area contributed by atoms with Crippen LogP contribution in [0.5, 0.6) is 5.75 Å². The average Bonchev–Trinajstić information content (AvgIpc) is 3.17. The zero-order valence-electron chi connectivity index (χ0n) is 17.0. The molecule has 3 aromatic rings. The molecule has 1 saturated heterocycles. The first-order valence-corrected chi connectivity index (χ1v) is 10.5. The molecule has 1 aromatic heterocycles. The van der Waals surface area contributed by atoms with Gasteiger partial charge in [0.15, 0.2) is 0 Å². The van der Waals surface area contributed by atoms with Gasteiger partial charge in [-0.25, -0.2) is 4.98 Å². The minimum atomic E-state index is -0.789. The third-order valence-electron chi connectivity index (χ3n) is 5.97. The molecule has 31 heavy (non-hydrogen) atoms. The highest BCUT2D eigenvalue weighted by Gasteiger charge is 2.32. The van der Waals surface area contributed by atoms with E-state index >= 15 is 0 Å². The van der Waals surface area contributed by atoms with Gasteiger partial charge in [0.1, 0.15) is 24.5 Å². The number of nitrogens with one attached hydrogen (secondary N) is 1.